The molecule has 6 rings (SSSR count). The Labute approximate surface area is 334 Å². The average Bonchev–Trinajstić information content (AvgIpc) is 3.87. The summed E-state index contributed by atoms with van der Waals surface area (Å²) in [5.41, 5.74) is -1.21. The number of aliphatic hydroxyl groups excluding tert-OH is 1. The summed E-state index contributed by atoms with van der Waals surface area (Å²) in [6, 6.07) is 0.115. The van der Waals surface area contributed by atoms with Gasteiger partial charge in [0.1, 0.15) is 6.61 Å². The lowest BCUT2D eigenvalue weighted by Gasteiger charge is -2.49. The first-order valence-corrected chi connectivity index (χ1v) is 21.9. The minimum atomic E-state index is -1.62. The lowest BCUT2D eigenvalue weighted by molar-refractivity contribution is -0.336. The maximum atomic E-state index is 12.7. The van der Waals surface area contributed by atoms with Crippen LogP contribution in [0.5, 0.6) is 0 Å². The Morgan fingerprint density at radius 2 is 1.66 bits per heavy atom. The SMILES string of the molecule is CCC1(C2OC(C3OC(O)(COC(=O)NC4CCCCC4)C(C)CC3C)CC2C)CCC(C2(C)CCC3(CC(O)C(C)C(C(C)C(OC)C(C)C(=O)O)O3)O2)O1. The molecule has 5 saturated heterocycles. The topological polar surface area (TPSA) is 171 Å². The van der Waals surface area contributed by atoms with Crippen molar-refractivity contribution >= 4 is 12.1 Å². The van der Waals surface area contributed by atoms with Crippen molar-refractivity contribution in [3.05, 3.63) is 0 Å². The minimum absolute atomic E-state index is 0.115. The van der Waals surface area contributed by atoms with Gasteiger partial charge in [-0.3, -0.25) is 4.79 Å². The first-order valence-electron chi connectivity index (χ1n) is 21.9. The van der Waals surface area contributed by atoms with Crippen molar-refractivity contribution in [2.24, 2.45) is 35.5 Å². The summed E-state index contributed by atoms with van der Waals surface area (Å²) in [5, 5.41) is 35.8. The van der Waals surface area contributed by atoms with Gasteiger partial charge in [-0.05, 0) is 77.0 Å². The Morgan fingerprint density at radius 3 is 2.32 bits per heavy atom. The normalized spacial score (nSPS) is 46.4. The third kappa shape index (κ3) is 8.67. The molecule has 17 atom stereocenters. The van der Waals surface area contributed by atoms with Crippen LogP contribution in [0, 0.1) is 35.5 Å². The van der Waals surface area contributed by atoms with E-state index in [-0.39, 0.29) is 66.7 Å². The minimum Gasteiger partial charge on any atom is -0.481 e. The van der Waals surface area contributed by atoms with Crippen LogP contribution in [-0.2, 0) is 38.0 Å². The third-order valence-corrected chi connectivity index (χ3v) is 15.2. The number of alkyl carbamates (subject to hydrolysis) is 1. The van der Waals surface area contributed by atoms with Crippen molar-refractivity contribution in [1.29, 1.82) is 0 Å². The van der Waals surface area contributed by atoms with Gasteiger partial charge in [-0.25, -0.2) is 4.79 Å². The van der Waals surface area contributed by atoms with Gasteiger partial charge in [-0.2, -0.15) is 0 Å². The fourth-order valence-corrected chi connectivity index (χ4v) is 11.5. The first-order chi connectivity index (χ1) is 26.4. The van der Waals surface area contributed by atoms with Gasteiger partial charge in [0, 0.05) is 43.7 Å². The first kappa shape index (κ1) is 44.0. The van der Waals surface area contributed by atoms with E-state index in [1.165, 1.54) is 13.5 Å². The average molecular weight is 796 g/mol. The molecule has 322 valence electrons. The molecular weight excluding hydrogens is 722 g/mol. The summed E-state index contributed by atoms with van der Waals surface area (Å²) in [6.45, 7) is 15.8. The number of ether oxygens (including phenoxy) is 7. The van der Waals surface area contributed by atoms with Gasteiger partial charge >= 0.3 is 12.1 Å². The van der Waals surface area contributed by atoms with Crippen molar-refractivity contribution in [2.45, 2.75) is 210 Å². The molecule has 6 aliphatic rings. The quantitative estimate of drug-likeness (QED) is 0.173. The number of aliphatic hydroxyl groups is 2. The molecule has 17 unspecified atom stereocenters. The lowest BCUT2D eigenvalue weighted by atomic mass is 9.78. The number of methoxy groups -OCH3 is 1. The summed E-state index contributed by atoms with van der Waals surface area (Å²) >= 11 is 0. The highest BCUT2D eigenvalue weighted by Gasteiger charge is 2.62. The molecule has 0 aromatic heterocycles. The Hall–Kier alpha value is -1.58. The van der Waals surface area contributed by atoms with Crippen molar-refractivity contribution in [2.75, 3.05) is 13.7 Å². The highest BCUT2D eigenvalue weighted by Crippen LogP contribution is 2.55. The van der Waals surface area contributed by atoms with Crippen LogP contribution < -0.4 is 5.32 Å². The van der Waals surface area contributed by atoms with Crippen LogP contribution in [0.15, 0.2) is 0 Å². The van der Waals surface area contributed by atoms with Gasteiger partial charge in [0.2, 0.25) is 5.79 Å². The number of carboxylic acids is 1. The zero-order valence-corrected chi connectivity index (χ0v) is 35.5. The summed E-state index contributed by atoms with van der Waals surface area (Å²) in [5.74, 6) is -4.78. The zero-order chi connectivity index (χ0) is 40.8. The fourth-order valence-electron chi connectivity index (χ4n) is 11.5. The van der Waals surface area contributed by atoms with Crippen LogP contribution in [-0.4, -0.2) is 113 Å². The third-order valence-electron chi connectivity index (χ3n) is 15.2. The summed E-state index contributed by atoms with van der Waals surface area (Å²) in [6.07, 6.45) is 7.40. The van der Waals surface area contributed by atoms with E-state index >= 15 is 0 Å². The van der Waals surface area contributed by atoms with E-state index in [2.05, 4.69) is 33.0 Å². The van der Waals surface area contributed by atoms with Gasteiger partial charge < -0.3 is 53.8 Å². The van der Waals surface area contributed by atoms with E-state index < -0.39 is 59.1 Å². The van der Waals surface area contributed by atoms with Crippen molar-refractivity contribution < 1.29 is 58.1 Å². The molecular formula is C43H73NO12. The largest absolute Gasteiger partial charge is 0.481 e. The fraction of sp³-hybridized carbons (Fsp3) is 0.953. The highest BCUT2D eigenvalue weighted by atomic mass is 16.7. The zero-order valence-electron chi connectivity index (χ0n) is 35.5. The van der Waals surface area contributed by atoms with Gasteiger partial charge in [0.15, 0.2) is 5.79 Å². The molecule has 0 aromatic carbocycles. The molecule has 0 aromatic rings. The molecule has 0 radical (unpaired) electrons. The van der Waals surface area contributed by atoms with Crippen LogP contribution in [0.4, 0.5) is 4.79 Å². The molecule has 1 aliphatic carbocycles. The number of rotatable bonds is 12. The molecule has 5 heterocycles. The molecule has 13 heteroatoms. The Balaban J connectivity index is 1.09. The van der Waals surface area contributed by atoms with E-state index in [1.807, 2.05) is 20.8 Å². The van der Waals surface area contributed by atoms with Crippen LogP contribution in [0.1, 0.15) is 139 Å². The summed E-state index contributed by atoms with van der Waals surface area (Å²) in [7, 11) is 1.52. The van der Waals surface area contributed by atoms with Gasteiger partial charge in [0.05, 0.1) is 59.8 Å². The second-order valence-corrected chi connectivity index (χ2v) is 19.2. The molecule has 5 aliphatic heterocycles. The number of hydrogen-bond donors (Lipinski definition) is 4. The second-order valence-electron chi connectivity index (χ2n) is 19.2. The van der Waals surface area contributed by atoms with Crippen LogP contribution in [0.25, 0.3) is 0 Å². The number of nitrogens with one attached hydrogen (secondary N) is 1. The number of carbonyl (C=O) groups excluding carboxylic acids is 1. The monoisotopic (exact) mass is 796 g/mol. The van der Waals surface area contributed by atoms with Gasteiger partial charge in [-0.1, -0.05) is 60.8 Å². The number of carbonyl (C=O) groups is 2. The Morgan fingerprint density at radius 1 is 0.946 bits per heavy atom. The van der Waals surface area contributed by atoms with E-state index in [0.29, 0.717) is 25.7 Å². The van der Waals surface area contributed by atoms with Crippen LogP contribution in [0.3, 0.4) is 0 Å². The van der Waals surface area contributed by atoms with E-state index in [4.69, 9.17) is 33.2 Å². The smallest absolute Gasteiger partial charge is 0.407 e. The molecule has 1 amide bonds. The second kappa shape index (κ2) is 17.2. The van der Waals surface area contributed by atoms with Gasteiger partial charge in [-0.15, -0.1) is 0 Å². The number of carboxylic acid groups (broad SMARTS) is 1. The molecule has 13 nitrogen and oxygen atoms in total. The number of aliphatic carboxylic acids is 1. The molecule has 6 fully saturated rings. The molecule has 56 heavy (non-hydrogen) atoms. The summed E-state index contributed by atoms with van der Waals surface area (Å²) < 4.78 is 45.7. The molecule has 1 spiro atoms. The van der Waals surface area contributed by atoms with E-state index in [1.54, 1.807) is 6.92 Å². The van der Waals surface area contributed by atoms with E-state index in [9.17, 15) is 24.9 Å². The van der Waals surface area contributed by atoms with E-state index in [0.717, 1.165) is 51.4 Å². The molecule has 0 bridgehead atoms. The van der Waals surface area contributed by atoms with Crippen LogP contribution >= 0.6 is 0 Å². The van der Waals surface area contributed by atoms with Gasteiger partial charge in [0.25, 0.3) is 0 Å². The number of hydrogen-bond acceptors (Lipinski definition) is 11. The van der Waals surface area contributed by atoms with Crippen molar-refractivity contribution in [3.8, 4) is 0 Å². The summed E-state index contributed by atoms with van der Waals surface area (Å²) in [4.78, 5) is 24.6. The molecule has 1 saturated carbocycles. The predicted octanol–water partition coefficient (Wildman–Crippen LogP) is 6.34. The maximum absolute atomic E-state index is 12.7. The number of amides is 1. The predicted molar refractivity (Wildman–Crippen MR) is 207 cm³/mol. The Bertz CT molecular complexity index is 1360. The molecule has 4 N–H and O–H groups in total. The standard InChI is InChI=1S/C43H73NO12/c1-10-41(37-25(3)21-32(52-37)34-24(2)20-26(4)43(49,55-34)23-51-39(48)44-30-14-12-11-13-15-30)17-16-33(53-41)40(8)18-19-42(56-40)22-31(45)27(5)36(54-42)28(6)35(50-9)29(7)38(46)47/h24-37,45,49H,10-23H2,1-9H3,(H,44,48)(H,46,47). The lowest BCUT2D eigenvalue weighted by Crippen LogP contribution is -2.57. The maximum Gasteiger partial charge on any atom is 0.407 e. The Kier molecular flexibility index (Phi) is 13.5. The highest BCUT2D eigenvalue weighted by molar-refractivity contribution is 5.70. The van der Waals surface area contributed by atoms with Crippen molar-refractivity contribution in [3.63, 3.8) is 0 Å². The van der Waals surface area contributed by atoms with Crippen LogP contribution in [0.2, 0.25) is 0 Å². The van der Waals surface area contributed by atoms with Crippen molar-refractivity contribution in [1.82, 2.24) is 5.32 Å².